The first-order chi connectivity index (χ1) is 11.0. The van der Waals surface area contributed by atoms with Crippen LogP contribution in [0.15, 0.2) is 34.0 Å². The molecule has 0 radical (unpaired) electrons. The van der Waals surface area contributed by atoms with E-state index in [1.807, 2.05) is 0 Å². The predicted molar refractivity (Wildman–Crippen MR) is 84.2 cm³/mol. The highest BCUT2D eigenvalue weighted by molar-refractivity contribution is 5.92. The van der Waals surface area contributed by atoms with Gasteiger partial charge in [0.15, 0.2) is 0 Å². The zero-order valence-corrected chi connectivity index (χ0v) is 12.0. The van der Waals surface area contributed by atoms with E-state index >= 15 is 0 Å². The molecule has 0 aliphatic carbocycles. The predicted octanol–water partition coefficient (Wildman–Crippen LogP) is 1.15. The number of nitrogens with zero attached hydrogens (tertiary/aromatic N) is 2. The summed E-state index contributed by atoms with van der Waals surface area (Å²) in [6.07, 6.45) is 3.22. The van der Waals surface area contributed by atoms with Crippen molar-refractivity contribution < 1.29 is 4.79 Å². The van der Waals surface area contributed by atoms with E-state index in [4.69, 9.17) is 0 Å². The number of hydrogen-bond acceptors (Lipinski definition) is 6. The van der Waals surface area contributed by atoms with Crippen LogP contribution >= 0.6 is 0 Å². The quantitative estimate of drug-likeness (QED) is 0.565. The van der Waals surface area contributed by atoms with Crippen molar-refractivity contribution in [2.45, 2.75) is 6.92 Å². The van der Waals surface area contributed by atoms with Crippen molar-refractivity contribution in [1.29, 1.82) is 5.26 Å². The van der Waals surface area contributed by atoms with Gasteiger partial charge in [-0.2, -0.15) is 5.26 Å². The van der Waals surface area contributed by atoms with Crippen molar-refractivity contribution >= 4 is 29.2 Å². The maximum absolute atomic E-state index is 12.0. The monoisotopic (exact) mass is 309 g/mol. The Hall–Kier alpha value is -3.60. The Morgan fingerprint density at radius 2 is 2.04 bits per heavy atom. The SMILES string of the molecule is Cc1cc2c(cc1C#N)N(/C=C/C=O)c1[nH]c(=O)[nH]c(=O)c1N2. The zero-order chi connectivity index (χ0) is 16.6. The second-order valence-corrected chi connectivity index (χ2v) is 4.90. The number of nitriles is 1. The number of H-pyrrole nitrogens is 2. The summed E-state index contributed by atoms with van der Waals surface area (Å²) in [5.41, 5.74) is 1.21. The van der Waals surface area contributed by atoms with Crippen molar-refractivity contribution in [1.82, 2.24) is 9.97 Å². The van der Waals surface area contributed by atoms with Crippen LogP contribution < -0.4 is 21.5 Å². The summed E-state index contributed by atoms with van der Waals surface area (Å²) >= 11 is 0. The molecule has 0 saturated heterocycles. The number of hydrogen-bond donors (Lipinski definition) is 3. The largest absolute Gasteiger partial charge is 0.346 e. The molecule has 3 rings (SSSR count). The van der Waals surface area contributed by atoms with Gasteiger partial charge >= 0.3 is 5.69 Å². The normalized spacial score (nSPS) is 12.3. The Morgan fingerprint density at radius 1 is 1.26 bits per heavy atom. The van der Waals surface area contributed by atoms with E-state index in [1.54, 1.807) is 19.1 Å². The number of carbonyl (C=O) groups excluding carboxylic acids is 1. The van der Waals surface area contributed by atoms with Gasteiger partial charge in [-0.1, -0.05) is 0 Å². The number of fused-ring (bicyclic) bond motifs is 2. The van der Waals surface area contributed by atoms with Gasteiger partial charge in [-0.15, -0.1) is 0 Å². The maximum atomic E-state index is 12.0. The van der Waals surface area contributed by atoms with Gasteiger partial charge in [0.1, 0.15) is 17.8 Å². The molecule has 8 heteroatoms. The zero-order valence-electron chi connectivity index (χ0n) is 12.0. The third kappa shape index (κ3) is 2.30. The van der Waals surface area contributed by atoms with Crippen LogP contribution in [0.3, 0.4) is 0 Å². The molecule has 0 amide bonds. The lowest BCUT2D eigenvalue weighted by molar-refractivity contribution is -0.104. The Bertz CT molecular complexity index is 994. The van der Waals surface area contributed by atoms with E-state index in [9.17, 15) is 19.6 Å². The first-order valence-corrected chi connectivity index (χ1v) is 6.64. The lowest BCUT2D eigenvalue weighted by atomic mass is 10.0. The molecule has 3 N–H and O–H groups in total. The number of anilines is 4. The van der Waals surface area contributed by atoms with Gasteiger partial charge in [-0.05, 0) is 30.7 Å². The molecule has 8 nitrogen and oxygen atoms in total. The fourth-order valence-corrected chi connectivity index (χ4v) is 2.42. The molecule has 2 aromatic rings. The summed E-state index contributed by atoms with van der Waals surface area (Å²) in [5, 5.41) is 12.1. The summed E-state index contributed by atoms with van der Waals surface area (Å²) < 4.78 is 0. The van der Waals surface area contributed by atoms with Crippen LogP contribution in [-0.4, -0.2) is 16.3 Å². The highest BCUT2D eigenvalue weighted by atomic mass is 16.2. The Balaban J connectivity index is 2.32. The highest BCUT2D eigenvalue weighted by Crippen LogP contribution is 2.41. The van der Waals surface area contributed by atoms with E-state index in [0.29, 0.717) is 23.2 Å². The van der Waals surface area contributed by atoms with Crippen molar-refractivity contribution in [3.8, 4) is 6.07 Å². The lowest BCUT2D eigenvalue weighted by Gasteiger charge is -2.30. The number of rotatable bonds is 2. The molecule has 0 unspecified atom stereocenters. The molecular weight excluding hydrogens is 298 g/mol. The molecule has 0 bridgehead atoms. The van der Waals surface area contributed by atoms with Gasteiger partial charge < -0.3 is 5.32 Å². The minimum atomic E-state index is -0.670. The van der Waals surface area contributed by atoms with Gasteiger partial charge in [0.05, 0.1) is 23.0 Å². The van der Waals surface area contributed by atoms with E-state index in [-0.39, 0.29) is 11.5 Å². The molecule has 0 spiro atoms. The van der Waals surface area contributed by atoms with Crippen LogP contribution in [0.1, 0.15) is 11.1 Å². The van der Waals surface area contributed by atoms with Crippen LogP contribution in [0.2, 0.25) is 0 Å². The van der Waals surface area contributed by atoms with Crippen molar-refractivity contribution in [2.75, 3.05) is 10.2 Å². The van der Waals surface area contributed by atoms with E-state index in [1.165, 1.54) is 17.2 Å². The van der Waals surface area contributed by atoms with Crippen LogP contribution in [0, 0.1) is 18.3 Å². The van der Waals surface area contributed by atoms with Gasteiger partial charge in [0.2, 0.25) is 0 Å². The van der Waals surface area contributed by atoms with Gasteiger partial charge in [-0.3, -0.25) is 24.5 Å². The van der Waals surface area contributed by atoms with E-state index < -0.39 is 11.2 Å². The van der Waals surface area contributed by atoms with Gasteiger partial charge in [-0.25, -0.2) is 4.79 Å². The molecule has 0 saturated carbocycles. The smallest absolute Gasteiger partial charge is 0.327 e. The summed E-state index contributed by atoms with van der Waals surface area (Å²) in [6, 6.07) is 5.43. The third-order valence-electron chi connectivity index (χ3n) is 3.46. The summed E-state index contributed by atoms with van der Waals surface area (Å²) in [5.74, 6) is 0.192. The molecular formula is C15H11N5O3. The fraction of sp³-hybridized carbons (Fsp3) is 0.0667. The third-order valence-corrected chi connectivity index (χ3v) is 3.46. The molecule has 1 aliphatic rings. The summed E-state index contributed by atoms with van der Waals surface area (Å²) in [6.45, 7) is 1.78. The molecule has 0 atom stereocenters. The number of carbonyl (C=O) groups is 1. The lowest BCUT2D eigenvalue weighted by Crippen LogP contribution is -2.31. The first-order valence-electron chi connectivity index (χ1n) is 6.64. The standard InChI is InChI=1S/C15H11N5O3/c1-8-5-10-11(6-9(8)7-16)20(3-2-4-21)13-12(17-10)14(22)19-15(23)18-13/h2-6,17H,1H3,(H2,18,19,22,23)/b3-2+. The van der Waals surface area contributed by atoms with Crippen molar-refractivity contribution in [3.05, 3.63) is 56.4 Å². The second-order valence-electron chi connectivity index (χ2n) is 4.90. The Labute approximate surface area is 129 Å². The van der Waals surface area contributed by atoms with E-state index in [2.05, 4.69) is 21.4 Å². The number of nitrogens with one attached hydrogen (secondary N) is 3. The molecule has 0 fully saturated rings. The van der Waals surface area contributed by atoms with Crippen LogP contribution in [0.25, 0.3) is 0 Å². The highest BCUT2D eigenvalue weighted by Gasteiger charge is 2.25. The molecule has 1 aromatic carbocycles. The molecule has 1 aliphatic heterocycles. The number of benzene rings is 1. The fourth-order valence-electron chi connectivity index (χ4n) is 2.42. The van der Waals surface area contributed by atoms with Gasteiger partial charge in [0.25, 0.3) is 5.56 Å². The maximum Gasteiger partial charge on any atom is 0.327 e. The number of aromatic amines is 2. The summed E-state index contributed by atoms with van der Waals surface area (Å²) in [7, 11) is 0. The number of aryl methyl sites for hydroxylation is 1. The topological polar surface area (TPSA) is 122 Å². The Morgan fingerprint density at radius 3 is 2.74 bits per heavy atom. The van der Waals surface area contributed by atoms with Crippen LogP contribution in [0.5, 0.6) is 0 Å². The molecule has 1 aromatic heterocycles. The van der Waals surface area contributed by atoms with Crippen molar-refractivity contribution in [3.63, 3.8) is 0 Å². The Kier molecular flexibility index (Phi) is 3.31. The number of aldehydes is 1. The van der Waals surface area contributed by atoms with E-state index in [0.717, 1.165) is 5.56 Å². The first kappa shape index (κ1) is 14.3. The minimum Gasteiger partial charge on any atom is -0.346 e. The number of allylic oxidation sites excluding steroid dienone is 1. The minimum absolute atomic E-state index is 0.150. The molecule has 114 valence electrons. The average Bonchev–Trinajstić information content (AvgIpc) is 2.51. The van der Waals surface area contributed by atoms with Gasteiger partial charge in [0, 0.05) is 6.20 Å². The average molecular weight is 309 g/mol. The summed E-state index contributed by atoms with van der Waals surface area (Å²) in [4.78, 5) is 40.4. The van der Waals surface area contributed by atoms with Crippen LogP contribution in [-0.2, 0) is 4.79 Å². The van der Waals surface area contributed by atoms with Crippen molar-refractivity contribution in [2.24, 2.45) is 0 Å². The number of aromatic nitrogens is 2. The molecule has 2 heterocycles. The molecule has 23 heavy (non-hydrogen) atoms. The van der Waals surface area contributed by atoms with Crippen LogP contribution in [0.4, 0.5) is 22.9 Å². The second kappa shape index (κ2) is 5.31.